The van der Waals surface area contributed by atoms with E-state index in [1.165, 1.54) is 7.05 Å². The van der Waals surface area contributed by atoms with Crippen molar-refractivity contribution in [1.82, 2.24) is 4.31 Å². The molecule has 0 rings (SSSR count). The average Bonchev–Trinajstić information content (AvgIpc) is 2.04. The fourth-order valence-corrected chi connectivity index (χ4v) is 1.93. The van der Waals surface area contributed by atoms with Gasteiger partial charge in [0.1, 0.15) is 0 Å². The molecule has 0 aliphatic heterocycles. The number of nitrogens with two attached hydrogens (primary N) is 1. The van der Waals surface area contributed by atoms with Crippen LogP contribution in [-0.4, -0.2) is 43.1 Å². The molecule has 0 fully saturated rings. The van der Waals surface area contributed by atoms with E-state index >= 15 is 0 Å². The number of amidine groups is 1. The summed E-state index contributed by atoms with van der Waals surface area (Å²) in [5, 5.41) is 10.9. The molecule has 3 N–H and O–H groups in total. The number of oxime groups is 1. The van der Waals surface area contributed by atoms with Crippen molar-refractivity contribution in [2.45, 2.75) is 13.3 Å². The van der Waals surface area contributed by atoms with E-state index in [2.05, 4.69) is 5.16 Å². The van der Waals surface area contributed by atoms with Gasteiger partial charge in [-0.15, -0.1) is 0 Å². The summed E-state index contributed by atoms with van der Waals surface area (Å²) in [5.41, 5.74) is 5.16. The van der Waals surface area contributed by atoms with Gasteiger partial charge in [0.25, 0.3) is 0 Å². The van der Waals surface area contributed by atoms with Crippen LogP contribution in [-0.2, 0) is 10.0 Å². The van der Waals surface area contributed by atoms with Crippen molar-refractivity contribution in [3.05, 3.63) is 0 Å². The molecule has 0 aromatic heterocycles. The van der Waals surface area contributed by atoms with Crippen LogP contribution in [0.25, 0.3) is 0 Å². The summed E-state index contributed by atoms with van der Waals surface area (Å²) >= 11 is 0. The molecule has 0 amide bonds. The van der Waals surface area contributed by atoms with Crippen LogP contribution >= 0.6 is 0 Å². The third-order valence-corrected chi connectivity index (χ3v) is 3.45. The lowest BCUT2D eigenvalue weighted by Crippen LogP contribution is -2.36. The zero-order valence-electron chi connectivity index (χ0n) is 7.77. The van der Waals surface area contributed by atoms with Crippen LogP contribution in [0.1, 0.15) is 13.3 Å². The van der Waals surface area contributed by atoms with E-state index in [1.807, 2.05) is 0 Å². The fraction of sp³-hybridized carbons (Fsp3) is 0.833. The second-order valence-corrected chi connectivity index (χ2v) is 4.86. The highest BCUT2D eigenvalue weighted by Gasteiger charge is 2.17. The maximum atomic E-state index is 11.3. The van der Waals surface area contributed by atoms with Crippen LogP contribution in [0.2, 0.25) is 0 Å². The van der Waals surface area contributed by atoms with Crippen molar-refractivity contribution in [3.63, 3.8) is 0 Å². The first-order valence-corrected chi connectivity index (χ1v) is 5.45. The van der Waals surface area contributed by atoms with Crippen molar-refractivity contribution >= 4 is 15.9 Å². The van der Waals surface area contributed by atoms with Gasteiger partial charge in [-0.1, -0.05) is 12.1 Å². The summed E-state index contributed by atoms with van der Waals surface area (Å²) in [7, 11) is -1.86. The Bertz CT molecular complexity index is 273. The molecule has 0 bridgehead atoms. The summed E-state index contributed by atoms with van der Waals surface area (Å²) in [6.07, 6.45) is 0.544. The third kappa shape index (κ3) is 4.09. The number of likely N-dealkylation sites (N-methyl/N-ethyl adjacent to an activating group) is 1. The highest BCUT2D eigenvalue weighted by molar-refractivity contribution is 7.89. The minimum absolute atomic E-state index is 0.0716. The Morgan fingerprint density at radius 1 is 1.62 bits per heavy atom. The Morgan fingerprint density at radius 2 is 2.15 bits per heavy atom. The van der Waals surface area contributed by atoms with Crippen molar-refractivity contribution in [3.8, 4) is 0 Å². The van der Waals surface area contributed by atoms with Crippen molar-refractivity contribution < 1.29 is 13.6 Å². The molecule has 0 saturated carbocycles. The summed E-state index contributed by atoms with van der Waals surface area (Å²) in [5.74, 6) is -0.0513. The van der Waals surface area contributed by atoms with E-state index in [0.29, 0.717) is 6.42 Å². The second kappa shape index (κ2) is 5.03. The molecule has 0 spiro atoms. The minimum atomic E-state index is -3.25. The largest absolute Gasteiger partial charge is 0.409 e. The third-order valence-electron chi connectivity index (χ3n) is 1.45. The Kier molecular flexibility index (Phi) is 4.71. The monoisotopic (exact) mass is 209 g/mol. The summed E-state index contributed by atoms with van der Waals surface area (Å²) in [4.78, 5) is 0. The second-order valence-electron chi connectivity index (χ2n) is 2.66. The van der Waals surface area contributed by atoms with E-state index in [1.54, 1.807) is 6.92 Å². The first kappa shape index (κ1) is 12.2. The highest BCUT2D eigenvalue weighted by Crippen LogP contribution is 1.99. The lowest BCUT2D eigenvalue weighted by molar-refractivity contribution is 0.315. The molecule has 13 heavy (non-hydrogen) atoms. The fourth-order valence-electron chi connectivity index (χ4n) is 0.772. The molecule has 0 unspecified atom stereocenters. The predicted octanol–water partition coefficient (Wildman–Crippen LogP) is -0.596. The standard InChI is InChI=1S/C6H15N3O3S/c1-3-4-13(11,12)9(2)5-6(7)8-10/h10H,3-5H2,1-2H3,(H2,7,8). The van der Waals surface area contributed by atoms with Crippen LogP contribution < -0.4 is 5.73 Å². The van der Waals surface area contributed by atoms with Gasteiger partial charge < -0.3 is 10.9 Å². The number of sulfonamides is 1. The normalized spacial score (nSPS) is 13.6. The van der Waals surface area contributed by atoms with Gasteiger partial charge in [-0.05, 0) is 6.42 Å². The summed E-state index contributed by atoms with van der Waals surface area (Å²) in [6.45, 7) is 1.69. The van der Waals surface area contributed by atoms with Crippen LogP contribution in [0.15, 0.2) is 5.16 Å². The molecule has 0 aromatic rings. The van der Waals surface area contributed by atoms with Gasteiger partial charge in [-0.3, -0.25) is 0 Å². The lowest BCUT2D eigenvalue weighted by atomic mass is 10.6. The van der Waals surface area contributed by atoms with Crippen LogP contribution in [0.3, 0.4) is 0 Å². The average molecular weight is 209 g/mol. The topological polar surface area (TPSA) is 96.0 Å². The quantitative estimate of drug-likeness (QED) is 0.273. The molecular weight excluding hydrogens is 194 g/mol. The van der Waals surface area contributed by atoms with Gasteiger partial charge in [0.15, 0.2) is 5.84 Å². The summed E-state index contributed by atoms with van der Waals surface area (Å²) < 4.78 is 23.7. The molecule has 6 nitrogen and oxygen atoms in total. The highest BCUT2D eigenvalue weighted by atomic mass is 32.2. The SMILES string of the molecule is CCCS(=O)(=O)N(C)CC(N)=NO. The van der Waals surface area contributed by atoms with E-state index in [9.17, 15) is 8.42 Å². The minimum Gasteiger partial charge on any atom is -0.409 e. The van der Waals surface area contributed by atoms with Crippen LogP contribution in [0, 0.1) is 0 Å². The van der Waals surface area contributed by atoms with Crippen molar-refractivity contribution in [2.24, 2.45) is 10.9 Å². The Hall–Kier alpha value is -0.820. The van der Waals surface area contributed by atoms with E-state index in [-0.39, 0.29) is 18.1 Å². The van der Waals surface area contributed by atoms with Gasteiger partial charge in [0.2, 0.25) is 10.0 Å². The molecule has 78 valence electrons. The molecule has 0 aromatic carbocycles. The molecular formula is C6H15N3O3S. The van der Waals surface area contributed by atoms with Crippen molar-refractivity contribution in [1.29, 1.82) is 0 Å². The van der Waals surface area contributed by atoms with Gasteiger partial charge in [-0.2, -0.15) is 4.31 Å². The Balaban J connectivity index is 4.34. The number of rotatable bonds is 5. The maximum absolute atomic E-state index is 11.3. The predicted molar refractivity (Wildman–Crippen MR) is 50.1 cm³/mol. The molecule has 7 heteroatoms. The lowest BCUT2D eigenvalue weighted by Gasteiger charge is -2.15. The Morgan fingerprint density at radius 3 is 2.54 bits per heavy atom. The number of hydrogen-bond acceptors (Lipinski definition) is 4. The zero-order chi connectivity index (χ0) is 10.5. The first-order valence-electron chi connectivity index (χ1n) is 3.84. The molecule has 0 saturated heterocycles. The number of hydrogen-bond donors (Lipinski definition) is 2. The zero-order valence-corrected chi connectivity index (χ0v) is 8.58. The van der Waals surface area contributed by atoms with Crippen LogP contribution in [0.5, 0.6) is 0 Å². The van der Waals surface area contributed by atoms with Gasteiger partial charge in [0.05, 0.1) is 12.3 Å². The molecule has 0 aliphatic rings. The smallest absolute Gasteiger partial charge is 0.214 e. The van der Waals surface area contributed by atoms with Crippen molar-refractivity contribution in [2.75, 3.05) is 19.3 Å². The molecule has 0 atom stereocenters. The number of nitrogens with zero attached hydrogens (tertiary/aromatic N) is 2. The van der Waals surface area contributed by atoms with E-state index < -0.39 is 10.0 Å². The van der Waals surface area contributed by atoms with Gasteiger partial charge in [-0.25, -0.2) is 8.42 Å². The molecule has 0 radical (unpaired) electrons. The van der Waals surface area contributed by atoms with Gasteiger partial charge >= 0.3 is 0 Å². The Labute approximate surface area is 78.1 Å². The molecule has 0 heterocycles. The van der Waals surface area contributed by atoms with Gasteiger partial charge in [0, 0.05) is 7.05 Å². The van der Waals surface area contributed by atoms with E-state index in [4.69, 9.17) is 10.9 Å². The summed E-state index contributed by atoms with van der Waals surface area (Å²) in [6, 6.07) is 0. The molecule has 0 aliphatic carbocycles. The first-order chi connectivity index (χ1) is 5.94. The van der Waals surface area contributed by atoms with Crippen LogP contribution in [0.4, 0.5) is 0 Å². The maximum Gasteiger partial charge on any atom is 0.214 e. The van der Waals surface area contributed by atoms with E-state index in [0.717, 1.165) is 4.31 Å².